The lowest BCUT2D eigenvalue weighted by molar-refractivity contribution is -0.142. The number of aromatic nitrogens is 2. The number of imide groups is 1. The molecular weight excluding hydrogens is 440 g/mol. The number of hydrogen-bond acceptors (Lipinski definition) is 5. The number of nitrogens with zero attached hydrogens (tertiary/aromatic N) is 4. The number of ether oxygens (including phenoxy) is 1. The number of benzene rings is 2. The van der Waals surface area contributed by atoms with Crippen molar-refractivity contribution in [2.75, 3.05) is 7.11 Å². The van der Waals surface area contributed by atoms with Crippen molar-refractivity contribution in [1.29, 1.82) is 5.26 Å². The maximum atomic E-state index is 13.5. The van der Waals surface area contributed by atoms with Gasteiger partial charge < -0.3 is 4.74 Å². The Morgan fingerprint density at radius 2 is 1.86 bits per heavy atom. The summed E-state index contributed by atoms with van der Waals surface area (Å²) in [6, 6.07) is 18.8. The van der Waals surface area contributed by atoms with Crippen molar-refractivity contribution in [3.8, 4) is 28.8 Å². The molecule has 1 aliphatic heterocycles. The van der Waals surface area contributed by atoms with Crippen molar-refractivity contribution in [2.45, 2.75) is 33.2 Å². The third-order valence-corrected chi connectivity index (χ3v) is 6.21. The van der Waals surface area contributed by atoms with Gasteiger partial charge in [-0.1, -0.05) is 37.3 Å². The first kappa shape index (κ1) is 23.7. The van der Waals surface area contributed by atoms with Crippen LogP contribution in [0.25, 0.3) is 23.0 Å². The zero-order valence-electron chi connectivity index (χ0n) is 20.1. The van der Waals surface area contributed by atoms with Crippen LogP contribution in [0.4, 0.5) is 0 Å². The molecular formula is C28H26N4O3. The molecule has 0 fully saturated rings. The third kappa shape index (κ3) is 4.38. The van der Waals surface area contributed by atoms with Crippen molar-refractivity contribution < 1.29 is 14.3 Å². The first-order valence-corrected chi connectivity index (χ1v) is 11.4. The fourth-order valence-corrected chi connectivity index (χ4v) is 4.04. The Morgan fingerprint density at radius 1 is 1.11 bits per heavy atom. The van der Waals surface area contributed by atoms with Gasteiger partial charge in [-0.3, -0.25) is 14.5 Å². The third-order valence-electron chi connectivity index (χ3n) is 6.21. The number of carbonyl (C=O) groups is 2. The molecule has 176 valence electrons. The Bertz CT molecular complexity index is 1390. The van der Waals surface area contributed by atoms with Crippen LogP contribution >= 0.6 is 0 Å². The molecule has 0 spiro atoms. The highest BCUT2D eigenvalue weighted by atomic mass is 16.5. The fraction of sp³-hybridized carbons (Fsp3) is 0.214. The molecule has 0 aliphatic carbocycles. The van der Waals surface area contributed by atoms with E-state index < -0.39 is 11.8 Å². The van der Waals surface area contributed by atoms with Crippen LogP contribution in [0.2, 0.25) is 0 Å². The maximum Gasteiger partial charge on any atom is 0.271 e. The minimum absolute atomic E-state index is 0.0190. The summed E-state index contributed by atoms with van der Waals surface area (Å²) < 4.78 is 7.14. The molecule has 0 saturated heterocycles. The standard InChI is InChI=1S/C28H26N4O3/c1-5-18(2)32-27(33)24(19(3)25(16-29)28(32)34)15-21-17-31(22-11-7-6-8-12-22)30-26(21)20-10-9-13-23(14-20)35-4/h6-15,17-18H,5H2,1-4H3/b24-15+. The molecule has 0 saturated carbocycles. The van der Waals surface area contributed by atoms with Crippen molar-refractivity contribution >= 4 is 17.9 Å². The van der Waals surface area contributed by atoms with E-state index in [1.807, 2.05) is 73.8 Å². The van der Waals surface area contributed by atoms with Crippen LogP contribution in [0, 0.1) is 11.3 Å². The van der Waals surface area contributed by atoms with Crippen LogP contribution in [-0.2, 0) is 9.59 Å². The summed E-state index contributed by atoms with van der Waals surface area (Å²) in [6.45, 7) is 5.34. The topological polar surface area (TPSA) is 88.2 Å². The van der Waals surface area contributed by atoms with Gasteiger partial charge in [0.1, 0.15) is 23.1 Å². The average Bonchev–Trinajstić information content (AvgIpc) is 3.31. The number of rotatable bonds is 6. The summed E-state index contributed by atoms with van der Waals surface area (Å²) in [5.74, 6) is -0.278. The normalized spacial score (nSPS) is 16.0. The summed E-state index contributed by atoms with van der Waals surface area (Å²) in [7, 11) is 1.60. The molecule has 1 atom stereocenters. The van der Waals surface area contributed by atoms with Gasteiger partial charge in [-0.2, -0.15) is 10.4 Å². The summed E-state index contributed by atoms with van der Waals surface area (Å²) in [4.78, 5) is 27.6. The molecule has 2 amide bonds. The number of carbonyl (C=O) groups excluding carboxylic acids is 2. The molecule has 0 N–H and O–H groups in total. The largest absolute Gasteiger partial charge is 0.497 e. The Labute approximate surface area is 204 Å². The van der Waals surface area contributed by atoms with Gasteiger partial charge >= 0.3 is 0 Å². The summed E-state index contributed by atoms with van der Waals surface area (Å²) in [5.41, 5.74) is 3.65. The maximum absolute atomic E-state index is 13.5. The van der Waals surface area contributed by atoms with Crippen LogP contribution in [0.1, 0.15) is 32.8 Å². The minimum Gasteiger partial charge on any atom is -0.497 e. The number of amides is 2. The van der Waals surface area contributed by atoms with Gasteiger partial charge in [0.2, 0.25) is 0 Å². The molecule has 3 aromatic rings. The van der Waals surface area contributed by atoms with Crippen LogP contribution in [0.15, 0.2) is 77.5 Å². The highest BCUT2D eigenvalue weighted by Crippen LogP contribution is 2.33. The first-order chi connectivity index (χ1) is 16.9. The highest BCUT2D eigenvalue weighted by Gasteiger charge is 2.37. The lowest BCUT2D eigenvalue weighted by atomic mass is 9.92. The smallest absolute Gasteiger partial charge is 0.271 e. The zero-order valence-corrected chi connectivity index (χ0v) is 20.1. The Balaban J connectivity index is 1.94. The van der Waals surface area contributed by atoms with E-state index in [-0.39, 0.29) is 11.6 Å². The summed E-state index contributed by atoms with van der Waals surface area (Å²) in [5, 5.41) is 14.5. The lowest BCUT2D eigenvalue weighted by Gasteiger charge is -2.31. The number of para-hydroxylation sites is 1. The van der Waals surface area contributed by atoms with Crippen molar-refractivity contribution in [2.24, 2.45) is 0 Å². The summed E-state index contributed by atoms with van der Waals surface area (Å²) >= 11 is 0. The molecule has 7 heteroatoms. The molecule has 4 rings (SSSR count). The summed E-state index contributed by atoms with van der Waals surface area (Å²) in [6.07, 6.45) is 4.15. The second-order valence-corrected chi connectivity index (χ2v) is 8.35. The highest BCUT2D eigenvalue weighted by molar-refractivity contribution is 6.20. The average molecular weight is 467 g/mol. The monoisotopic (exact) mass is 466 g/mol. The fourth-order valence-electron chi connectivity index (χ4n) is 4.04. The first-order valence-electron chi connectivity index (χ1n) is 11.4. The van der Waals surface area contributed by atoms with Gasteiger partial charge in [-0.25, -0.2) is 4.68 Å². The minimum atomic E-state index is -0.547. The number of hydrogen-bond donors (Lipinski definition) is 0. The van der Waals surface area contributed by atoms with Crippen molar-refractivity contribution in [1.82, 2.24) is 14.7 Å². The predicted octanol–water partition coefficient (Wildman–Crippen LogP) is 4.94. The van der Waals surface area contributed by atoms with Gasteiger partial charge in [0, 0.05) is 28.9 Å². The van der Waals surface area contributed by atoms with Crippen LogP contribution in [0.3, 0.4) is 0 Å². The molecule has 1 aliphatic rings. The van der Waals surface area contributed by atoms with E-state index in [0.717, 1.165) is 11.3 Å². The van der Waals surface area contributed by atoms with Gasteiger partial charge in [0.15, 0.2) is 0 Å². The van der Waals surface area contributed by atoms with E-state index in [2.05, 4.69) is 0 Å². The second-order valence-electron chi connectivity index (χ2n) is 8.35. The van der Waals surface area contributed by atoms with Crippen molar-refractivity contribution in [3.63, 3.8) is 0 Å². The molecule has 1 unspecified atom stereocenters. The molecule has 1 aromatic heterocycles. The van der Waals surface area contributed by atoms with Gasteiger partial charge in [0.25, 0.3) is 11.8 Å². The number of methoxy groups -OCH3 is 1. The van der Waals surface area contributed by atoms with Crippen LogP contribution in [0.5, 0.6) is 5.75 Å². The lowest BCUT2D eigenvalue weighted by Crippen LogP contribution is -2.47. The molecule has 7 nitrogen and oxygen atoms in total. The van der Waals surface area contributed by atoms with Crippen LogP contribution < -0.4 is 4.74 Å². The van der Waals surface area contributed by atoms with Crippen molar-refractivity contribution in [3.05, 3.63) is 83.1 Å². The van der Waals surface area contributed by atoms with Crippen LogP contribution in [-0.4, -0.2) is 39.6 Å². The van der Waals surface area contributed by atoms with Gasteiger partial charge in [-0.15, -0.1) is 0 Å². The molecule has 2 heterocycles. The molecule has 2 aromatic carbocycles. The Morgan fingerprint density at radius 3 is 2.51 bits per heavy atom. The zero-order chi connectivity index (χ0) is 25.1. The Hall–Kier alpha value is -4.44. The van der Waals surface area contributed by atoms with Gasteiger partial charge in [0.05, 0.1) is 12.8 Å². The van der Waals surface area contributed by atoms with E-state index in [9.17, 15) is 14.9 Å². The van der Waals surface area contributed by atoms with E-state index in [4.69, 9.17) is 9.84 Å². The molecule has 0 bridgehead atoms. The van der Waals surface area contributed by atoms with E-state index in [1.54, 1.807) is 31.7 Å². The van der Waals surface area contributed by atoms with E-state index in [1.165, 1.54) is 4.90 Å². The van der Waals surface area contributed by atoms with E-state index >= 15 is 0 Å². The van der Waals surface area contributed by atoms with Gasteiger partial charge in [-0.05, 0) is 56.2 Å². The second kappa shape index (κ2) is 9.82. The SMILES string of the molecule is CCC(C)N1C(=O)C(C#N)=C(C)/C(=C\c2cn(-c3ccccc3)nc2-c2cccc(OC)c2)C1=O. The predicted molar refractivity (Wildman–Crippen MR) is 133 cm³/mol. The number of nitriles is 1. The quantitative estimate of drug-likeness (QED) is 0.379. The molecule has 35 heavy (non-hydrogen) atoms. The molecule has 0 radical (unpaired) electrons. The van der Waals surface area contributed by atoms with E-state index in [0.29, 0.717) is 34.6 Å². The Kier molecular flexibility index (Phi) is 6.65.